The molecule has 2 unspecified atom stereocenters. The summed E-state index contributed by atoms with van der Waals surface area (Å²) in [6.07, 6.45) is 0. The molecule has 3 N–H and O–H groups in total. The van der Waals surface area contributed by atoms with Crippen LogP contribution in [0.3, 0.4) is 0 Å². The number of amides is 1. The normalized spacial score (nSPS) is 13.8. The van der Waals surface area contributed by atoms with Gasteiger partial charge in [0.1, 0.15) is 5.82 Å². The first-order valence-electron chi connectivity index (χ1n) is 5.27. The predicted octanol–water partition coefficient (Wildman–Crippen LogP) is 1.93. The Morgan fingerprint density at radius 2 is 1.88 bits per heavy atom. The highest BCUT2D eigenvalue weighted by Gasteiger charge is 2.18. The van der Waals surface area contributed by atoms with E-state index < -0.39 is 5.92 Å². The standard InChI is InChI=1S/C12H15FN2OS/c1-7(11(14)17)12(16)15-8(2)9-3-5-10(13)6-4-9/h3-8H,1-2H3,(H2,14,17)(H,15,16). The summed E-state index contributed by atoms with van der Waals surface area (Å²) in [7, 11) is 0. The van der Waals surface area contributed by atoms with Crippen LogP contribution >= 0.6 is 12.2 Å². The monoisotopic (exact) mass is 254 g/mol. The molecule has 1 aromatic carbocycles. The molecular formula is C12H15FN2OS. The molecule has 0 fully saturated rings. The predicted molar refractivity (Wildman–Crippen MR) is 68.9 cm³/mol. The van der Waals surface area contributed by atoms with E-state index >= 15 is 0 Å². The van der Waals surface area contributed by atoms with Crippen LogP contribution in [0.15, 0.2) is 24.3 Å². The number of thiocarbonyl (C=S) groups is 1. The van der Waals surface area contributed by atoms with Crippen molar-refractivity contribution in [2.75, 3.05) is 0 Å². The minimum Gasteiger partial charge on any atom is -0.393 e. The van der Waals surface area contributed by atoms with Crippen molar-refractivity contribution >= 4 is 23.1 Å². The number of benzene rings is 1. The summed E-state index contributed by atoms with van der Waals surface area (Å²) in [5.41, 5.74) is 6.22. The summed E-state index contributed by atoms with van der Waals surface area (Å²) in [5.74, 6) is -1.04. The lowest BCUT2D eigenvalue weighted by molar-refractivity contribution is -0.123. The highest BCUT2D eigenvalue weighted by molar-refractivity contribution is 7.80. The number of hydrogen-bond donors (Lipinski definition) is 2. The van der Waals surface area contributed by atoms with Gasteiger partial charge in [-0.05, 0) is 31.5 Å². The Bertz CT molecular complexity index is 419. The molecule has 1 amide bonds. The van der Waals surface area contributed by atoms with Crippen molar-refractivity contribution in [1.82, 2.24) is 5.32 Å². The molecule has 2 atom stereocenters. The molecule has 1 aromatic rings. The zero-order valence-corrected chi connectivity index (χ0v) is 10.6. The van der Waals surface area contributed by atoms with Crippen molar-refractivity contribution in [3.63, 3.8) is 0 Å². The van der Waals surface area contributed by atoms with E-state index in [-0.39, 0.29) is 22.8 Å². The van der Waals surface area contributed by atoms with E-state index in [9.17, 15) is 9.18 Å². The van der Waals surface area contributed by atoms with Gasteiger partial charge in [0, 0.05) is 0 Å². The summed E-state index contributed by atoms with van der Waals surface area (Å²) in [6.45, 7) is 3.46. The smallest absolute Gasteiger partial charge is 0.230 e. The van der Waals surface area contributed by atoms with Crippen molar-refractivity contribution in [2.45, 2.75) is 19.9 Å². The second-order valence-corrected chi connectivity index (χ2v) is 4.38. The fraction of sp³-hybridized carbons (Fsp3) is 0.333. The maximum Gasteiger partial charge on any atom is 0.230 e. The molecule has 1 rings (SSSR count). The highest BCUT2D eigenvalue weighted by atomic mass is 32.1. The molecule has 0 aliphatic carbocycles. The van der Waals surface area contributed by atoms with Crippen LogP contribution in [0.25, 0.3) is 0 Å². The van der Waals surface area contributed by atoms with Crippen molar-refractivity contribution in [2.24, 2.45) is 11.7 Å². The van der Waals surface area contributed by atoms with Crippen LogP contribution in [-0.2, 0) is 4.79 Å². The summed E-state index contributed by atoms with van der Waals surface area (Å²) >= 11 is 4.75. The first-order valence-corrected chi connectivity index (χ1v) is 5.67. The Labute approximate surface area is 105 Å². The van der Waals surface area contributed by atoms with Crippen molar-refractivity contribution < 1.29 is 9.18 Å². The van der Waals surface area contributed by atoms with E-state index in [0.717, 1.165) is 5.56 Å². The molecule has 0 radical (unpaired) electrons. The minimum absolute atomic E-state index is 0.161. The fourth-order valence-corrected chi connectivity index (χ4v) is 1.41. The van der Waals surface area contributed by atoms with E-state index in [0.29, 0.717) is 0 Å². The number of carbonyl (C=O) groups excluding carboxylic acids is 1. The lowest BCUT2D eigenvalue weighted by Crippen LogP contribution is -2.37. The molecule has 0 heterocycles. The molecule has 0 aliphatic heterocycles. The molecule has 92 valence electrons. The Hall–Kier alpha value is -1.49. The van der Waals surface area contributed by atoms with Crippen LogP contribution in [0.2, 0.25) is 0 Å². The average molecular weight is 254 g/mol. The molecule has 5 heteroatoms. The van der Waals surface area contributed by atoms with Gasteiger partial charge in [0.2, 0.25) is 5.91 Å². The molecular weight excluding hydrogens is 239 g/mol. The number of carbonyl (C=O) groups is 1. The van der Waals surface area contributed by atoms with Crippen LogP contribution < -0.4 is 11.1 Å². The largest absolute Gasteiger partial charge is 0.393 e. The van der Waals surface area contributed by atoms with Crippen LogP contribution in [0, 0.1) is 11.7 Å². The molecule has 0 spiro atoms. The third-order valence-electron chi connectivity index (χ3n) is 2.55. The van der Waals surface area contributed by atoms with Gasteiger partial charge in [-0.15, -0.1) is 0 Å². The summed E-state index contributed by atoms with van der Waals surface area (Å²) in [6, 6.07) is 5.77. The van der Waals surface area contributed by atoms with Crippen molar-refractivity contribution in [1.29, 1.82) is 0 Å². The number of nitrogens with one attached hydrogen (secondary N) is 1. The first kappa shape index (κ1) is 13.6. The lowest BCUT2D eigenvalue weighted by atomic mass is 10.1. The van der Waals surface area contributed by atoms with Gasteiger partial charge in [-0.2, -0.15) is 0 Å². The lowest BCUT2D eigenvalue weighted by Gasteiger charge is -2.17. The van der Waals surface area contributed by atoms with E-state index in [4.69, 9.17) is 18.0 Å². The van der Waals surface area contributed by atoms with Gasteiger partial charge in [0.15, 0.2) is 0 Å². The van der Waals surface area contributed by atoms with Gasteiger partial charge < -0.3 is 11.1 Å². The molecule has 0 saturated carbocycles. The van der Waals surface area contributed by atoms with Crippen molar-refractivity contribution in [3.8, 4) is 0 Å². The van der Waals surface area contributed by atoms with Gasteiger partial charge in [-0.25, -0.2) is 4.39 Å². The van der Waals surface area contributed by atoms with Gasteiger partial charge >= 0.3 is 0 Å². The molecule has 3 nitrogen and oxygen atoms in total. The van der Waals surface area contributed by atoms with E-state index in [1.54, 1.807) is 19.1 Å². The number of rotatable bonds is 4. The molecule has 17 heavy (non-hydrogen) atoms. The maximum atomic E-state index is 12.7. The Morgan fingerprint density at radius 1 is 1.35 bits per heavy atom. The van der Waals surface area contributed by atoms with Gasteiger partial charge in [0.25, 0.3) is 0 Å². The van der Waals surface area contributed by atoms with Crippen LogP contribution in [0.4, 0.5) is 4.39 Å². The second-order valence-electron chi connectivity index (χ2n) is 3.91. The summed E-state index contributed by atoms with van der Waals surface area (Å²) in [5, 5.41) is 2.77. The van der Waals surface area contributed by atoms with E-state index in [1.807, 2.05) is 6.92 Å². The van der Waals surface area contributed by atoms with Crippen LogP contribution in [0.1, 0.15) is 25.5 Å². The zero-order valence-electron chi connectivity index (χ0n) is 9.74. The zero-order chi connectivity index (χ0) is 13.0. The topological polar surface area (TPSA) is 55.1 Å². The van der Waals surface area contributed by atoms with Gasteiger partial charge in [-0.1, -0.05) is 24.4 Å². The summed E-state index contributed by atoms with van der Waals surface area (Å²) in [4.78, 5) is 11.8. The minimum atomic E-state index is -0.507. The van der Waals surface area contributed by atoms with E-state index in [2.05, 4.69) is 5.32 Å². The fourth-order valence-electron chi connectivity index (χ4n) is 1.30. The second kappa shape index (κ2) is 5.72. The van der Waals surface area contributed by atoms with Crippen molar-refractivity contribution in [3.05, 3.63) is 35.6 Å². The third kappa shape index (κ3) is 3.78. The number of halogens is 1. The molecule has 0 saturated heterocycles. The molecule has 0 aliphatic rings. The number of nitrogens with two attached hydrogens (primary N) is 1. The quantitative estimate of drug-likeness (QED) is 0.807. The summed E-state index contributed by atoms with van der Waals surface area (Å²) < 4.78 is 12.7. The Morgan fingerprint density at radius 3 is 2.35 bits per heavy atom. The molecule has 0 aromatic heterocycles. The van der Waals surface area contributed by atoms with Gasteiger partial charge in [0.05, 0.1) is 16.9 Å². The Balaban J connectivity index is 2.66. The third-order valence-corrected chi connectivity index (χ3v) is 2.90. The van der Waals surface area contributed by atoms with E-state index in [1.165, 1.54) is 12.1 Å². The van der Waals surface area contributed by atoms with Crippen LogP contribution in [-0.4, -0.2) is 10.9 Å². The average Bonchev–Trinajstić information content (AvgIpc) is 2.28. The maximum absolute atomic E-state index is 12.7. The first-order chi connectivity index (χ1) is 7.91. The SMILES string of the molecule is CC(C(=O)NC(C)c1ccc(F)cc1)C(N)=S. The Kier molecular flexibility index (Phi) is 4.57. The van der Waals surface area contributed by atoms with Crippen LogP contribution in [0.5, 0.6) is 0 Å². The molecule has 0 bridgehead atoms. The van der Waals surface area contributed by atoms with Gasteiger partial charge in [-0.3, -0.25) is 4.79 Å². The highest BCUT2D eigenvalue weighted by Crippen LogP contribution is 2.13. The number of hydrogen-bond acceptors (Lipinski definition) is 2.